The molecule has 3 aromatic rings. The van der Waals surface area contributed by atoms with Gasteiger partial charge in [-0.2, -0.15) is 0 Å². The molecular weight excluding hydrogens is 340 g/mol. The van der Waals surface area contributed by atoms with Gasteiger partial charge in [-0.05, 0) is 35.4 Å². The lowest BCUT2D eigenvalue weighted by Crippen LogP contribution is -2.04. The minimum Gasteiger partial charge on any atom is -0.284 e. The van der Waals surface area contributed by atoms with E-state index in [1.165, 1.54) is 0 Å². The predicted molar refractivity (Wildman–Crippen MR) is 108 cm³/mol. The molecule has 0 bridgehead atoms. The van der Waals surface area contributed by atoms with E-state index in [2.05, 4.69) is 24.3 Å². The summed E-state index contributed by atoms with van der Waals surface area (Å²) in [7, 11) is 0. The van der Waals surface area contributed by atoms with E-state index in [0.717, 1.165) is 39.1 Å². The Labute approximate surface area is 156 Å². The van der Waals surface area contributed by atoms with Gasteiger partial charge in [0.2, 0.25) is 0 Å². The number of para-hydroxylation sites is 2. The van der Waals surface area contributed by atoms with Crippen molar-refractivity contribution in [2.24, 2.45) is 0 Å². The SMILES string of the molecule is Clc1cc(-c2ccccc2)c2c3ccccc3nc-2n1-c1ccccc1. The fraction of sp³-hybridized carbons (Fsp3) is 0. The molecule has 0 aromatic heterocycles. The molecule has 2 aliphatic heterocycles. The summed E-state index contributed by atoms with van der Waals surface area (Å²) in [5.41, 5.74) is 5.35. The fourth-order valence-corrected chi connectivity index (χ4v) is 3.81. The second kappa shape index (κ2) is 6.01. The second-order valence-electron chi connectivity index (χ2n) is 6.25. The highest BCUT2D eigenvalue weighted by Gasteiger charge is 2.23. The van der Waals surface area contributed by atoms with Crippen LogP contribution in [0.4, 0.5) is 0 Å². The van der Waals surface area contributed by atoms with E-state index in [1.807, 2.05) is 71.3 Å². The van der Waals surface area contributed by atoms with Crippen molar-refractivity contribution in [1.29, 1.82) is 0 Å². The van der Waals surface area contributed by atoms with Crippen LogP contribution in [-0.4, -0.2) is 9.55 Å². The molecule has 3 heteroatoms. The molecule has 0 aliphatic carbocycles. The lowest BCUT2D eigenvalue weighted by Gasteiger charge is -2.18. The molecule has 0 unspecified atom stereocenters. The molecule has 124 valence electrons. The third-order valence-corrected chi connectivity index (χ3v) is 4.96. The molecule has 0 spiro atoms. The van der Waals surface area contributed by atoms with Crippen LogP contribution in [0.2, 0.25) is 5.15 Å². The summed E-state index contributed by atoms with van der Waals surface area (Å²) in [4.78, 5) is 4.92. The number of hydrogen-bond donors (Lipinski definition) is 0. The lowest BCUT2D eigenvalue weighted by atomic mass is 9.98. The van der Waals surface area contributed by atoms with E-state index in [-0.39, 0.29) is 0 Å². The van der Waals surface area contributed by atoms with Crippen molar-refractivity contribution >= 4 is 22.5 Å². The molecule has 0 atom stereocenters. The van der Waals surface area contributed by atoms with Gasteiger partial charge in [-0.3, -0.25) is 4.57 Å². The molecule has 0 amide bonds. The van der Waals surface area contributed by atoms with E-state index in [9.17, 15) is 0 Å². The first kappa shape index (κ1) is 15.2. The van der Waals surface area contributed by atoms with Crippen molar-refractivity contribution in [2.75, 3.05) is 0 Å². The highest BCUT2D eigenvalue weighted by molar-refractivity contribution is 6.30. The molecular formula is C23H15ClN2. The second-order valence-corrected chi connectivity index (χ2v) is 6.63. The maximum absolute atomic E-state index is 6.74. The van der Waals surface area contributed by atoms with Crippen LogP contribution in [0.1, 0.15) is 0 Å². The van der Waals surface area contributed by atoms with E-state index >= 15 is 0 Å². The fourth-order valence-electron chi connectivity index (χ4n) is 3.53. The largest absolute Gasteiger partial charge is 0.284 e. The van der Waals surface area contributed by atoms with Gasteiger partial charge in [0.15, 0.2) is 0 Å². The van der Waals surface area contributed by atoms with Gasteiger partial charge < -0.3 is 0 Å². The highest BCUT2D eigenvalue weighted by Crippen LogP contribution is 2.42. The van der Waals surface area contributed by atoms with Crippen LogP contribution < -0.4 is 0 Å². The Morgan fingerprint density at radius 1 is 0.731 bits per heavy atom. The van der Waals surface area contributed by atoms with Gasteiger partial charge in [-0.15, -0.1) is 0 Å². The van der Waals surface area contributed by atoms with E-state index in [1.54, 1.807) is 0 Å². The molecule has 0 radical (unpaired) electrons. The Morgan fingerprint density at radius 3 is 2.15 bits per heavy atom. The smallest absolute Gasteiger partial charge is 0.147 e. The zero-order valence-electron chi connectivity index (χ0n) is 13.9. The molecule has 0 N–H and O–H groups in total. The number of pyridine rings is 1. The summed E-state index contributed by atoms with van der Waals surface area (Å²) in [6.45, 7) is 0. The maximum atomic E-state index is 6.74. The first-order valence-corrected chi connectivity index (χ1v) is 8.91. The van der Waals surface area contributed by atoms with Gasteiger partial charge in [-0.1, -0.05) is 78.3 Å². The number of rotatable bonds is 2. The van der Waals surface area contributed by atoms with E-state index < -0.39 is 0 Å². The first-order valence-electron chi connectivity index (χ1n) is 8.53. The lowest BCUT2D eigenvalue weighted by molar-refractivity contribution is 1.02. The average molecular weight is 355 g/mol. The van der Waals surface area contributed by atoms with Gasteiger partial charge in [-0.25, -0.2) is 4.98 Å². The quantitative estimate of drug-likeness (QED) is 0.333. The Morgan fingerprint density at radius 2 is 1.38 bits per heavy atom. The summed E-state index contributed by atoms with van der Waals surface area (Å²) in [5, 5.41) is 1.79. The Balaban J connectivity index is 1.93. The first-order chi connectivity index (χ1) is 12.8. The Bertz CT molecular complexity index is 1180. The van der Waals surface area contributed by atoms with Gasteiger partial charge in [0.05, 0.1) is 5.52 Å². The topological polar surface area (TPSA) is 17.8 Å². The zero-order chi connectivity index (χ0) is 17.5. The van der Waals surface area contributed by atoms with Crippen molar-refractivity contribution in [1.82, 2.24) is 9.55 Å². The van der Waals surface area contributed by atoms with Gasteiger partial charge >= 0.3 is 0 Å². The molecule has 0 saturated carbocycles. The third-order valence-electron chi connectivity index (χ3n) is 4.68. The molecule has 0 fully saturated rings. The predicted octanol–water partition coefficient (Wildman–Crippen LogP) is 6.45. The molecule has 3 aromatic carbocycles. The normalized spacial score (nSPS) is 11.3. The number of benzene rings is 3. The molecule has 2 nitrogen and oxygen atoms in total. The summed E-state index contributed by atoms with van der Waals surface area (Å²) in [6.07, 6.45) is 0. The minimum absolute atomic E-state index is 0.644. The minimum atomic E-state index is 0.644. The summed E-state index contributed by atoms with van der Waals surface area (Å²) < 4.78 is 2.02. The summed E-state index contributed by atoms with van der Waals surface area (Å²) in [5.74, 6) is 0.878. The average Bonchev–Trinajstić information content (AvgIpc) is 3.08. The zero-order valence-corrected chi connectivity index (χ0v) is 14.7. The van der Waals surface area contributed by atoms with E-state index in [0.29, 0.717) is 5.15 Å². The van der Waals surface area contributed by atoms with Gasteiger partial charge in [0.1, 0.15) is 11.0 Å². The standard InChI is InChI=1S/C23H15ClN2/c24-21-15-19(16-9-3-1-4-10-16)22-18-13-7-8-14-20(18)25-23(22)26(21)17-11-5-2-6-12-17/h1-15H. The van der Waals surface area contributed by atoms with Crippen molar-refractivity contribution in [3.05, 3.63) is 96.1 Å². The molecule has 2 heterocycles. The van der Waals surface area contributed by atoms with Gasteiger partial charge in [0, 0.05) is 16.6 Å². The molecule has 26 heavy (non-hydrogen) atoms. The maximum Gasteiger partial charge on any atom is 0.147 e. The van der Waals surface area contributed by atoms with Crippen molar-refractivity contribution < 1.29 is 0 Å². The van der Waals surface area contributed by atoms with Gasteiger partial charge in [0.25, 0.3) is 0 Å². The van der Waals surface area contributed by atoms with Crippen molar-refractivity contribution in [3.63, 3.8) is 0 Å². The third kappa shape index (κ3) is 2.31. The Hall–Kier alpha value is -3.10. The van der Waals surface area contributed by atoms with Crippen LogP contribution in [-0.2, 0) is 0 Å². The molecule has 5 rings (SSSR count). The molecule has 2 aliphatic rings. The van der Waals surface area contributed by atoms with Crippen LogP contribution in [0.15, 0.2) is 91.0 Å². The summed E-state index contributed by atoms with van der Waals surface area (Å²) in [6, 6.07) is 30.8. The van der Waals surface area contributed by atoms with Crippen LogP contribution in [0.3, 0.4) is 0 Å². The number of fused-ring (bicyclic) bond motifs is 3. The van der Waals surface area contributed by atoms with Crippen molar-refractivity contribution in [3.8, 4) is 28.2 Å². The van der Waals surface area contributed by atoms with Crippen molar-refractivity contribution in [2.45, 2.75) is 0 Å². The Kier molecular flexibility index (Phi) is 3.51. The number of aromatic nitrogens is 2. The monoisotopic (exact) mass is 354 g/mol. The van der Waals surface area contributed by atoms with E-state index in [4.69, 9.17) is 16.6 Å². The number of nitrogens with zero attached hydrogens (tertiary/aromatic N) is 2. The van der Waals surface area contributed by atoms with Crippen LogP contribution in [0.25, 0.3) is 39.1 Å². The number of hydrogen-bond acceptors (Lipinski definition) is 1. The van der Waals surface area contributed by atoms with Crippen LogP contribution >= 0.6 is 11.6 Å². The molecule has 0 saturated heterocycles. The van der Waals surface area contributed by atoms with Crippen LogP contribution in [0.5, 0.6) is 0 Å². The highest BCUT2D eigenvalue weighted by atomic mass is 35.5. The summed E-state index contributed by atoms with van der Waals surface area (Å²) >= 11 is 6.74. The number of halogens is 1. The van der Waals surface area contributed by atoms with Crippen LogP contribution in [0, 0.1) is 0 Å².